The lowest BCUT2D eigenvalue weighted by Gasteiger charge is -2.32. The van der Waals surface area contributed by atoms with Crippen LogP contribution in [0.1, 0.15) is 39.4 Å². The molecule has 0 aromatic carbocycles. The fraction of sp³-hybridized carbons (Fsp3) is 0.846. The first kappa shape index (κ1) is 13.7. The van der Waals surface area contributed by atoms with Gasteiger partial charge < -0.3 is 10.2 Å². The van der Waals surface area contributed by atoms with E-state index in [1.165, 1.54) is 19.4 Å². The highest BCUT2D eigenvalue weighted by Crippen LogP contribution is 2.23. The van der Waals surface area contributed by atoms with E-state index in [0.29, 0.717) is 6.04 Å². The van der Waals surface area contributed by atoms with Crippen molar-refractivity contribution in [2.24, 2.45) is 5.92 Å². The van der Waals surface area contributed by atoms with Crippen molar-refractivity contribution in [1.82, 2.24) is 14.7 Å². The largest absolute Gasteiger partial charge is 0.344 e. The first-order valence-electron chi connectivity index (χ1n) is 7.00. The van der Waals surface area contributed by atoms with Gasteiger partial charge in [-0.1, -0.05) is 6.92 Å². The molecular formula is C13H24N4S. The van der Waals surface area contributed by atoms with Crippen LogP contribution >= 0.6 is 11.5 Å². The summed E-state index contributed by atoms with van der Waals surface area (Å²) in [6.07, 6.45) is 3.55. The SMILES string of the molecule is CCc1nsc(N(CC2CCCNC2)C(C)C)n1. The van der Waals surface area contributed by atoms with Crippen LogP contribution in [0.5, 0.6) is 0 Å². The normalized spacial score (nSPS) is 20.3. The van der Waals surface area contributed by atoms with E-state index >= 15 is 0 Å². The van der Waals surface area contributed by atoms with Crippen molar-refractivity contribution in [3.8, 4) is 0 Å². The average Bonchev–Trinajstić information content (AvgIpc) is 2.85. The van der Waals surface area contributed by atoms with Gasteiger partial charge >= 0.3 is 0 Å². The van der Waals surface area contributed by atoms with Crippen LogP contribution in [0.15, 0.2) is 0 Å². The lowest BCUT2D eigenvalue weighted by Crippen LogP contribution is -2.41. The molecule has 0 radical (unpaired) electrons. The zero-order valence-corrected chi connectivity index (χ0v) is 12.5. The Morgan fingerprint density at radius 2 is 2.33 bits per heavy atom. The third kappa shape index (κ3) is 3.42. The first-order valence-corrected chi connectivity index (χ1v) is 7.78. The number of hydrogen-bond donors (Lipinski definition) is 1. The molecule has 1 aliphatic heterocycles. The second-order valence-corrected chi connectivity index (χ2v) is 6.04. The monoisotopic (exact) mass is 268 g/mol. The van der Waals surface area contributed by atoms with E-state index in [1.54, 1.807) is 11.5 Å². The van der Waals surface area contributed by atoms with Gasteiger partial charge in [-0.05, 0) is 45.7 Å². The Labute approximate surface area is 114 Å². The van der Waals surface area contributed by atoms with Gasteiger partial charge in [0.05, 0.1) is 0 Å². The molecule has 0 amide bonds. The zero-order valence-electron chi connectivity index (χ0n) is 11.6. The van der Waals surface area contributed by atoms with Gasteiger partial charge in [-0.2, -0.15) is 4.37 Å². The number of nitrogens with one attached hydrogen (secondary N) is 1. The third-order valence-electron chi connectivity index (χ3n) is 3.50. The second-order valence-electron chi connectivity index (χ2n) is 5.31. The van der Waals surface area contributed by atoms with Crippen molar-refractivity contribution in [3.05, 3.63) is 5.82 Å². The summed E-state index contributed by atoms with van der Waals surface area (Å²) in [5, 5.41) is 4.58. The number of anilines is 1. The van der Waals surface area contributed by atoms with Crippen LogP contribution in [0.2, 0.25) is 0 Å². The number of nitrogens with zero attached hydrogens (tertiary/aromatic N) is 3. The molecule has 1 saturated heterocycles. The Bertz CT molecular complexity index is 358. The van der Waals surface area contributed by atoms with Gasteiger partial charge in [0.15, 0.2) is 0 Å². The Kier molecular flexibility index (Phi) is 4.95. The summed E-state index contributed by atoms with van der Waals surface area (Å²) in [7, 11) is 0. The number of aromatic nitrogens is 2. The minimum atomic E-state index is 0.490. The minimum absolute atomic E-state index is 0.490. The van der Waals surface area contributed by atoms with E-state index in [-0.39, 0.29) is 0 Å². The van der Waals surface area contributed by atoms with Gasteiger partial charge in [0.1, 0.15) is 5.82 Å². The van der Waals surface area contributed by atoms with Crippen molar-refractivity contribution >= 4 is 16.7 Å². The number of hydrogen-bond acceptors (Lipinski definition) is 5. The summed E-state index contributed by atoms with van der Waals surface area (Å²) < 4.78 is 4.40. The molecule has 1 atom stereocenters. The van der Waals surface area contributed by atoms with Crippen LogP contribution in [-0.4, -0.2) is 35.0 Å². The molecule has 0 bridgehead atoms. The zero-order chi connectivity index (χ0) is 13.0. The van der Waals surface area contributed by atoms with Crippen LogP contribution in [0, 0.1) is 5.92 Å². The van der Waals surface area contributed by atoms with E-state index in [4.69, 9.17) is 0 Å². The molecule has 18 heavy (non-hydrogen) atoms. The first-order chi connectivity index (χ1) is 8.70. The maximum Gasteiger partial charge on any atom is 0.205 e. The Hall–Kier alpha value is -0.680. The van der Waals surface area contributed by atoms with Gasteiger partial charge in [0, 0.05) is 30.5 Å². The molecule has 0 saturated carbocycles. The van der Waals surface area contributed by atoms with E-state index in [1.807, 2.05) is 0 Å². The lowest BCUT2D eigenvalue weighted by molar-refractivity contribution is 0.371. The molecule has 1 unspecified atom stereocenters. The van der Waals surface area contributed by atoms with Gasteiger partial charge in [-0.3, -0.25) is 0 Å². The molecule has 0 spiro atoms. The van der Waals surface area contributed by atoms with Crippen LogP contribution in [0.3, 0.4) is 0 Å². The summed E-state index contributed by atoms with van der Waals surface area (Å²) in [5.74, 6) is 1.72. The molecule has 1 N–H and O–H groups in total. The molecule has 2 rings (SSSR count). The van der Waals surface area contributed by atoms with Crippen molar-refractivity contribution in [2.45, 2.75) is 46.1 Å². The number of aryl methyl sites for hydroxylation is 1. The predicted molar refractivity (Wildman–Crippen MR) is 77.4 cm³/mol. The summed E-state index contributed by atoms with van der Waals surface area (Å²) in [6.45, 7) is 10.0. The van der Waals surface area contributed by atoms with Crippen molar-refractivity contribution < 1.29 is 0 Å². The van der Waals surface area contributed by atoms with E-state index in [2.05, 4.69) is 40.3 Å². The Balaban J connectivity index is 2.02. The molecule has 1 fully saturated rings. The lowest BCUT2D eigenvalue weighted by atomic mass is 9.99. The second kappa shape index (κ2) is 6.48. The molecule has 102 valence electrons. The van der Waals surface area contributed by atoms with Gasteiger partial charge in [0.25, 0.3) is 0 Å². The number of rotatable bonds is 5. The summed E-state index contributed by atoms with van der Waals surface area (Å²) in [4.78, 5) is 7.04. The molecule has 0 aliphatic carbocycles. The van der Waals surface area contributed by atoms with Crippen LogP contribution in [0.4, 0.5) is 5.13 Å². The quantitative estimate of drug-likeness (QED) is 0.890. The maximum absolute atomic E-state index is 4.63. The fourth-order valence-corrected chi connectivity index (χ4v) is 3.27. The highest BCUT2D eigenvalue weighted by atomic mass is 32.1. The van der Waals surface area contributed by atoms with E-state index < -0.39 is 0 Å². The third-order valence-corrected chi connectivity index (χ3v) is 4.29. The van der Waals surface area contributed by atoms with Crippen LogP contribution in [0.25, 0.3) is 0 Å². The average molecular weight is 268 g/mol. The fourth-order valence-electron chi connectivity index (χ4n) is 2.37. The molecular weight excluding hydrogens is 244 g/mol. The molecule has 1 aliphatic rings. The Morgan fingerprint density at radius 3 is 2.89 bits per heavy atom. The molecule has 4 nitrogen and oxygen atoms in total. The van der Waals surface area contributed by atoms with E-state index in [0.717, 1.165) is 36.4 Å². The van der Waals surface area contributed by atoms with Gasteiger partial charge in [0.2, 0.25) is 5.13 Å². The molecule has 5 heteroatoms. The van der Waals surface area contributed by atoms with Gasteiger partial charge in [-0.25, -0.2) is 4.98 Å². The predicted octanol–water partition coefficient (Wildman–Crippen LogP) is 2.31. The topological polar surface area (TPSA) is 41.1 Å². The molecule has 1 aromatic heterocycles. The molecule has 1 aromatic rings. The van der Waals surface area contributed by atoms with Crippen LogP contribution in [-0.2, 0) is 6.42 Å². The van der Waals surface area contributed by atoms with E-state index in [9.17, 15) is 0 Å². The van der Waals surface area contributed by atoms with Crippen LogP contribution < -0.4 is 10.2 Å². The maximum atomic E-state index is 4.63. The van der Waals surface area contributed by atoms with Crippen molar-refractivity contribution in [2.75, 3.05) is 24.5 Å². The summed E-state index contributed by atoms with van der Waals surface area (Å²) in [5.41, 5.74) is 0. The van der Waals surface area contributed by atoms with Crippen molar-refractivity contribution in [3.63, 3.8) is 0 Å². The summed E-state index contributed by atoms with van der Waals surface area (Å²) >= 11 is 1.54. The highest BCUT2D eigenvalue weighted by molar-refractivity contribution is 7.09. The Morgan fingerprint density at radius 1 is 1.50 bits per heavy atom. The summed E-state index contributed by atoms with van der Waals surface area (Å²) in [6, 6.07) is 0.490. The minimum Gasteiger partial charge on any atom is -0.344 e. The van der Waals surface area contributed by atoms with Crippen molar-refractivity contribution in [1.29, 1.82) is 0 Å². The standard InChI is InChI=1S/C13H24N4S/c1-4-12-15-13(18-16-12)17(10(2)3)9-11-6-5-7-14-8-11/h10-11,14H,4-9H2,1-3H3. The smallest absolute Gasteiger partial charge is 0.205 e. The van der Waals surface area contributed by atoms with Gasteiger partial charge in [-0.15, -0.1) is 0 Å². The highest BCUT2D eigenvalue weighted by Gasteiger charge is 2.21. The molecule has 2 heterocycles. The number of piperidine rings is 1.